The highest BCUT2D eigenvalue weighted by Gasteiger charge is 2.31. The maximum Gasteiger partial charge on any atom is 0.416 e. The Morgan fingerprint density at radius 1 is 1.18 bits per heavy atom. The first kappa shape index (κ1) is 26.9. The molecule has 0 saturated heterocycles. The van der Waals surface area contributed by atoms with E-state index < -0.39 is 22.5 Å². The van der Waals surface area contributed by atoms with Gasteiger partial charge in [-0.2, -0.15) is 13.2 Å². The Balaban J connectivity index is 0.00000385. The second-order valence-corrected chi connectivity index (χ2v) is 10.2. The van der Waals surface area contributed by atoms with Crippen LogP contribution in [0.5, 0.6) is 0 Å². The zero-order valence-electron chi connectivity index (χ0n) is 17.7. The minimum absolute atomic E-state index is 0. The highest BCUT2D eigenvalue weighted by atomic mass is 35.5. The lowest BCUT2D eigenvalue weighted by atomic mass is 10.1. The van der Waals surface area contributed by atoms with Crippen LogP contribution in [-0.4, -0.2) is 37.3 Å². The fourth-order valence-electron chi connectivity index (χ4n) is 2.63. The van der Waals surface area contributed by atoms with E-state index in [1.807, 2.05) is 5.38 Å². The van der Waals surface area contributed by atoms with Crippen molar-refractivity contribution in [2.75, 3.05) is 11.9 Å². The summed E-state index contributed by atoms with van der Waals surface area (Å²) in [7, 11) is 0. The molecule has 0 aliphatic rings. The number of halogens is 4. The van der Waals surface area contributed by atoms with E-state index in [0.29, 0.717) is 34.4 Å². The predicted molar refractivity (Wildman–Crippen MR) is 126 cm³/mol. The first-order valence-electron chi connectivity index (χ1n) is 9.65. The van der Waals surface area contributed by atoms with Crippen molar-refractivity contribution in [2.45, 2.75) is 42.0 Å². The quantitative estimate of drug-likeness (QED) is 0.263. The molecule has 0 amide bonds. The van der Waals surface area contributed by atoms with Gasteiger partial charge in [0.25, 0.3) is 0 Å². The van der Waals surface area contributed by atoms with Crippen LogP contribution in [-0.2, 0) is 17.4 Å². The standard InChI is InChI=1S/C21H21F3N4O2S2.ClH/c1-20(2,17(29)30)32-19-28-16(12-31-19)7-4-8-25-18-26-10-14(11-27-18)13-5-3-6-15(9-13)21(22,23)24;/h3,5-6,9-12H,4,7-8H2,1-2H3,(H,29,30)(H,25,26,27);1H. The van der Waals surface area contributed by atoms with E-state index >= 15 is 0 Å². The molecule has 0 atom stereocenters. The number of carboxylic acids is 1. The van der Waals surface area contributed by atoms with Crippen molar-refractivity contribution in [3.63, 3.8) is 0 Å². The Morgan fingerprint density at radius 2 is 1.88 bits per heavy atom. The minimum atomic E-state index is -4.40. The Labute approximate surface area is 203 Å². The van der Waals surface area contributed by atoms with Crippen LogP contribution in [0.2, 0.25) is 0 Å². The molecular formula is C21H22ClF3N4O2S2. The lowest BCUT2D eigenvalue weighted by Crippen LogP contribution is -2.26. The van der Waals surface area contributed by atoms with Gasteiger partial charge in [-0.1, -0.05) is 23.9 Å². The number of aryl methyl sites for hydroxylation is 1. The van der Waals surface area contributed by atoms with Crippen molar-refractivity contribution in [1.82, 2.24) is 15.0 Å². The Morgan fingerprint density at radius 3 is 2.52 bits per heavy atom. The highest BCUT2D eigenvalue weighted by Crippen LogP contribution is 2.35. The molecule has 3 aromatic rings. The average Bonchev–Trinajstić information content (AvgIpc) is 3.17. The maximum absolute atomic E-state index is 12.9. The van der Waals surface area contributed by atoms with Crippen molar-refractivity contribution >= 4 is 47.4 Å². The molecule has 0 saturated carbocycles. The summed E-state index contributed by atoms with van der Waals surface area (Å²) in [6.07, 6.45) is 0.0360. The van der Waals surface area contributed by atoms with Gasteiger partial charge in [-0.05, 0) is 44.4 Å². The number of thioether (sulfide) groups is 1. The van der Waals surface area contributed by atoms with Gasteiger partial charge in [-0.15, -0.1) is 23.7 Å². The number of carbonyl (C=O) groups is 1. The summed E-state index contributed by atoms with van der Waals surface area (Å²) >= 11 is 2.65. The van der Waals surface area contributed by atoms with Gasteiger partial charge in [-0.25, -0.2) is 15.0 Å². The van der Waals surface area contributed by atoms with Crippen molar-refractivity contribution in [1.29, 1.82) is 0 Å². The van der Waals surface area contributed by atoms with Crippen LogP contribution in [0.15, 0.2) is 46.4 Å². The molecule has 0 bridgehead atoms. The number of aromatic nitrogens is 3. The van der Waals surface area contributed by atoms with Crippen LogP contribution in [0, 0.1) is 0 Å². The van der Waals surface area contributed by atoms with Gasteiger partial charge < -0.3 is 10.4 Å². The molecule has 33 heavy (non-hydrogen) atoms. The molecule has 2 heterocycles. The Hall–Kier alpha value is -2.37. The molecule has 1 aromatic carbocycles. The summed E-state index contributed by atoms with van der Waals surface area (Å²) in [5, 5.41) is 14.2. The first-order chi connectivity index (χ1) is 15.0. The number of nitrogens with one attached hydrogen (secondary N) is 1. The number of rotatable bonds is 9. The molecule has 0 unspecified atom stereocenters. The normalized spacial score (nSPS) is 11.7. The predicted octanol–water partition coefficient (Wildman–Crippen LogP) is 6.04. The summed E-state index contributed by atoms with van der Waals surface area (Å²) in [5.41, 5.74) is 1.07. The number of carboxylic acid groups (broad SMARTS) is 1. The van der Waals surface area contributed by atoms with Crippen molar-refractivity contribution < 1.29 is 23.1 Å². The Bertz CT molecular complexity index is 1080. The number of anilines is 1. The summed E-state index contributed by atoms with van der Waals surface area (Å²) in [6.45, 7) is 3.87. The van der Waals surface area contributed by atoms with E-state index in [2.05, 4.69) is 20.3 Å². The van der Waals surface area contributed by atoms with Gasteiger partial charge in [0.15, 0.2) is 4.34 Å². The summed E-state index contributed by atoms with van der Waals surface area (Å²) in [6, 6.07) is 5.04. The zero-order chi connectivity index (χ0) is 23.4. The number of aliphatic carboxylic acids is 1. The summed E-state index contributed by atoms with van der Waals surface area (Å²) in [5.74, 6) is -0.499. The van der Waals surface area contributed by atoms with E-state index in [1.165, 1.54) is 41.6 Å². The SMILES string of the molecule is CC(C)(Sc1nc(CCCNc2ncc(-c3cccc(C(F)(F)F)c3)cn2)cs1)C(=O)O.Cl. The fraction of sp³-hybridized carbons (Fsp3) is 0.333. The topological polar surface area (TPSA) is 88.0 Å². The van der Waals surface area contributed by atoms with E-state index in [-0.39, 0.29) is 12.4 Å². The smallest absolute Gasteiger partial charge is 0.416 e. The van der Waals surface area contributed by atoms with Crippen molar-refractivity contribution in [3.05, 3.63) is 53.3 Å². The van der Waals surface area contributed by atoms with Crippen molar-refractivity contribution in [2.24, 2.45) is 0 Å². The van der Waals surface area contributed by atoms with Crippen LogP contribution in [0.25, 0.3) is 11.1 Å². The molecule has 6 nitrogen and oxygen atoms in total. The number of hydrogen-bond donors (Lipinski definition) is 2. The third-order valence-electron chi connectivity index (χ3n) is 4.46. The average molecular weight is 519 g/mol. The molecule has 3 rings (SSSR count). The Kier molecular flexibility index (Phi) is 9.10. The molecule has 0 spiro atoms. The molecular weight excluding hydrogens is 497 g/mol. The van der Waals surface area contributed by atoms with Gasteiger partial charge in [0, 0.05) is 29.9 Å². The van der Waals surface area contributed by atoms with E-state index in [4.69, 9.17) is 0 Å². The molecule has 0 fully saturated rings. The fourth-order valence-corrected chi connectivity index (χ4v) is 4.85. The zero-order valence-corrected chi connectivity index (χ0v) is 20.2. The molecule has 0 aliphatic heterocycles. The number of benzene rings is 1. The van der Waals surface area contributed by atoms with Gasteiger partial charge in [0.2, 0.25) is 5.95 Å². The van der Waals surface area contributed by atoms with Gasteiger partial charge in [-0.3, -0.25) is 4.79 Å². The van der Waals surface area contributed by atoms with Gasteiger partial charge in [0.1, 0.15) is 4.75 Å². The van der Waals surface area contributed by atoms with Gasteiger partial charge >= 0.3 is 12.1 Å². The molecule has 0 radical (unpaired) electrons. The number of hydrogen-bond acceptors (Lipinski definition) is 7. The van der Waals surface area contributed by atoms with E-state index in [1.54, 1.807) is 19.9 Å². The molecule has 12 heteroatoms. The molecule has 178 valence electrons. The van der Waals surface area contributed by atoms with Crippen LogP contribution in [0.4, 0.5) is 19.1 Å². The van der Waals surface area contributed by atoms with E-state index in [9.17, 15) is 23.1 Å². The van der Waals surface area contributed by atoms with Crippen molar-refractivity contribution in [3.8, 4) is 11.1 Å². The largest absolute Gasteiger partial charge is 0.480 e. The minimum Gasteiger partial charge on any atom is -0.480 e. The second kappa shape index (κ2) is 11.2. The third-order valence-corrected chi connectivity index (χ3v) is 6.63. The lowest BCUT2D eigenvalue weighted by Gasteiger charge is -2.15. The molecule has 2 aromatic heterocycles. The maximum atomic E-state index is 12.9. The van der Waals surface area contributed by atoms with Crippen LogP contribution < -0.4 is 5.32 Å². The number of alkyl halides is 3. The van der Waals surface area contributed by atoms with Crippen LogP contribution in [0.3, 0.4) is 0 Å². The summed E-state index contributed by atoms with van der Waals surface area (Å²) < 4.78 is 38.4. The van der Waals surface area contributed by atoms with Crippen LogP contribution in [0.1, 0.15) is 31.5 Å². The molecule has 0 aliphatic carbocycles. The highest BCUT2D eigenvalue weighted by molar-refractivity contribution is 8.02. The monoisotopic (exact) mass is 518 g/mol. The van der Waals surface area contributed by atoms with Gasteiger partial charge in [0.05, 0.1) is 11.3 Å². The van der Waals surface area contributed by atoms with E-state index in [0.717, 1.165) is 24.2 Å². The first-order valence-corrected chi connectivity index (χ1v) is 11.3. The molecule has 2 N–H and O–H groups in total. The summed E-state index contributed by atoms with van der Waals surface area (Å²) in [4.78, 5) is 24.0. The third kappa shape index (κ3) is 7.58. The lowest BCUT2D eigenvalue weighted by molar-refractivity contribution is -0.139. The number of nitrogens with zero attached hydrogens (tertiary/aromatic N) is 3. The van der Waals surface area contributed by atoms with Crippen LogP contribution >= 0.6 is 35.5 Å². The second-order valence-electron chi connectivity index (χ2n) is 7.43. The number of thiazole rings is 1.